The van der Waals surface area contributed by atoms with E-state index >= 15 is 0 Å². The van der Waals surface area contributed by atoms with Gasteiger partial charge >= 0.3 is 0 Å². The van der Waals surface area contributed by atoms with E-state index in [0.29, 0.717) is 0 Å². The van der Waals surface area contributed by atoms with Gasteiger partial charge in [-0.3, -0.25) is 0 Å². The molecule has 1 aliphatic rings. The largest absolute Gasteiger partial charge is 0.457 e. The predicted molar refractivity (Wildman–Crippen MR) is 276 cm³/mol. The second-order valence-corrected chi connectivity index (χ2v) is 17.4. The maximum atomic E-state index is 6.44. The van der Waals surface area contributed by atoms with Crippen molar-refractivity contribution in [3.63, 3.8) is 0 Å². The molecule has 4 nitrogen and oxygen atoms in total. The minimum Gasteiger partial charge on any atom is -0.457 e. The maximum Gasteiger partial charge on any atom is 0.128 e. The molecule has 0 aliphatic heterocycles. The minimum atomic E-state index is 0.786. The summed E-state index contributed by atoms with van der Waals surface area (Å²) in [6.07, 6.45) is 6.40. The zero-order chi connectivity index (χ0) is 44.1. The van der Waals surface area contributed by atoms with Gasteiger partial charge in [0.25, 0.3) is 0 Å². The molecule has 66 heavy (non-hydrogen) atoms. The van der Waals surface area contributed by atoms with Crippen molar-refractivity contribution in [2.45, 2.75) is 26.7 Å². The van der Waals surface area contributed by atoms with Crippen LogP contribution in [0.2, 0.25) is 0 Å². The summed E-state index contributed by atoms with van der Waals surface area (Å²) in [5, 5.41) is 9.60. The van der Waals surface area contributed by atoms with Crippen molar-refractivity contribution in [3.8, 4) is 23.0 Å². The number of anilines is 6. The van der Waals surface area contributed by atoms with Gasteiger partial charge in [-0.05, 0) is 179 Å². The number of hydrogen-bond acceptors (Lipinski definition) is 4. The molecule has 4 heteroatoms. The van der Waals surface area contributed by atoms with Crippen LogP contribution in [0.4, 0.5) is 34.1 Å². The first-order valence-electron chi connectivity index (χ1n) is 22.7. The maximum absolute atomic E-state index is 6.44. The first-order valence-corrected chi connectivity index (χ1v) is 22.7. The molecule has 0 atom stereocenters. The van der Waals surface area contributed by atoms with E-state index in [0.717, 1.165) is 75.4 Å². The van der Waals surface area contributed by atoms with Crippen molar-refractivity contribution in [2.75, 3.05) is 9.80 Å². The van der Waals surface area contributed by atoms with E-state index < -0.39 is 0 Å². The second-order valence-electron chi connectivity index (χ2n) is 17.4. The minimum absolute atomic E-state index is 0.786. The molecule has 0 radical (unpaired) electrons. The molecule has 0 heterocycles. The number of benzene rings is 11. The number of rotatable bonds is 10. The molecular formula is C62H46N2O2. The normalized spacial score (nSPS) is 12.2. The van der Waals surface area contributed by atoms with Crippen molar-refractivity contribution < 1.29 is 9.47 Å². The Morgan fingerprint density at radius 1 is 0.333 bits per heavy atom. The molecule has 0 unspecified atom stereocenters. The van der Waals surface area contributed by atoms with Crippen LogP contribution >= 0.6 is 0 Å². The Bertz CT molecular complexity index is 3590. The third-order valence-corrected chi connectivity index (χ3v) is 13.1. The van der Waals surface area contributed by atoms with Gasteiger partial charge < -0.3 is 19.3 Å². The number of hydrogen-bond donors (Lipinski definition) is 0. The van der Waals surface area contributed by atoms with E-state index in [1.165, 1.54) is 60.0 Å². The molecule has 0 amide bonds. The van der Waals surface area contributed by atoms with Crippen LogP contribution in [0.1, 0.15) is 22.3 Å². The molecule has 0 N–H and O–H groups in total. The van der Waals surface area contributed by atoms with Gasteiger partial charge in [0, 0.05) is 33.5 Å². The van der Waals surface area contributed by atoms with Crippen molar-refractivity contribution in [2.24, 2.45) is 0 Å². The quantitative estimate of drug-likeness (QED) is 0.101. The lowest BCUT2D eigenvalue weighted by Crippen LogP contribution is -2.11. The zero-order valence-corrected chi connectivity index (χ0v) is 36.9. The number of allylic oxidation sites excluding steroid dienone is 2. The first-order chi connectivity index (χ1) is 32.5. The third kappa shape index (κ3) is 7.23. The number of fused-ring (bicyclic) bond motifs is 2. The van der Waals surface area contributed by atoms with Crippen LogP contribution in [0, 0.1) is 13.8 Å². The summed E-state index contributed by atoms with van der Waals surface area (Å²) in [5.74, 6) is 3.27. The molecule has 12 rings (SSSR count). The predicted octanol–water partition coefficient (Wildman–Crippen LogP) is 17.5. The highest BCUT2D eigenvalue weighted by atomic mass is 16.5. The van der Waals surface area contributed by atoms with Gasteiger partial charge in [-0.15, -0.1) is 0 Å². The Labute approximate surface area is 385 Å². The Morgan fingerprint density at radius 3 is 1.27 bits per heavy atom. The summed E-state index contributed by atoms with van der Waals surface area (Å²) in [5.41, 5.74) is 11.6. The van der Waals surface area contributed by atoms with Gasteiger partial charge in [0.05, 0.1) is 11.4 Å². The smallest absolute Gasteiger partial charge is 0.128 e. The average molecular weight is 851 g/mol. The van der Waals surface area contributed by atoms with E-state index in [1.54, 1.807) is 0 Å². The van der Waals surface area contributed by atoms with Gasteiger partial charge in [-0.1, -0.05) is 120 Å². The number of nitrogens with zero attached hydrogens (tertiary/aromatic N) is 2. The van der Waals surface area contributed by atoms with E-state index in [2.05, 4.69) is 236 Å². The fraction of sp³-hybridized carbons (Fsp3) is 0.0645. The molecule has 11 aromatic carbocycles. The number of aryl methyl sites for hydroxylation is 2. The summed E-state index contributed by atoms with van der Waals surface area (Å²) in [4.78, 5) is 4.75. The number of ether oxygens (including phenoxy) is 2. The summed E-state index contributed by atoms with van der Waals surface area (Å²) >= 11 is 0. The lowest BCUT2D eigenvalue weighted by molar-refractivity contribution is 0.482. The van der Waals surface area contributed by atoms with Crippen LogP contribution in [-0.2, 0) is 12.8 Å². The molecule has 0 saturated heterocycles. The van der Waals surface area contributed by atoms with Crippen LogP contribution in [-0.4, -0.2) is 0 Å². The lowest BCUT2D eigenvalue weighted by atomic mass is 9.91. The average Bonchev–Trinajstić information content (AvgIpc) is 3.36. The molecule has 0 fully saturated rings. The molecule has 0 spiro atoms. The van der Waals surface area contributed by atoms with Crippen LogP contribution in [0.25, 0.3) is 43.1 Å². The van der Waals surface area contributed by atoms with Crippen LogP contribution in [0.5, 0.6) is 23.0 Å². The monoisotopic (exact) mass is 850 g/mol. The first kappa shape index (κ1) is 39.3. The van der Waals surface area contributed by atoms with Gasteiger partial charge in [0.1, 0.15) is 23.0 Å². The van der Waals surface area contributed by atoms with Crippen LogP contribution < -0.4 is 19.3 Å². The Morgan fingerprint density at radius 2 is 0.742 bits per heavy atom. The van der Waals surface area contributed by atoms with E-state index in [4.69, 9.17) is 9.47 Å². The third-order valence-electron chi connectivity index (χ3n) is 13.1. The van der Waals surface area contributed by atoms with E-state index in [-0.39, 0.29) is 0 Å². The lowest BCUT2D eigenvalue weighted by Gasteiger charge is -2.29. The summed E-state index contributed by atoms with van der Waals surface area (Å²) in [6.45, 7) is 4.27. The molecule has 11 aromatic rings. The molecule has 0 aromatic heterocycles. The highest BCUT2D eigenvalue weighted by Gasteiger charge is 2.22. The highest BCUT2D eigenvalue weighted by Crippen LogP contribution is 2.48. The Balaban J connectivity index is 0.949. The van der Waals surface area contributed by atoms with Gasteiger partial charge in [-0.25, -0.2) is 0 Å². The summed E-state index contributed by atoms with van der Waals surface area (Å²) < 4.78 is 12.9. The summed E-state index contributed by atoms with van der Waals surface area (Å²) in [6, 6.07) is 73.9. The summed E-state index contributed by atoms with van der Waals surface area (Å²) in [7, 11) is 0. The Hall–Kier alpha value is -8.34. The van der Waals surface area contributed by atoms with E-state index in [1.807, 2.05) is 6.07 Å². The van der Waals surface area contributed by atoms with Crippen LogP contribution in [0.15, 0.2) is 218 Å². The fourth-order valence-electron chi connectivity index (χ4n) is 9.71. The van der Waals surface area contributed by atoms with Gasteiger partial charge in [0.2, 0.25) is 0 Å². The standard InChI is InChI=1S/C62H46N2O2/c1-41-11-21-49(22-12-41)63(51-25-31-53(32-26-51)65-55-29-15-43-7-3-5-9-47(43)39-55)59-37-19-45-18-36-58-60(38-20-46-17-35-57(59)61(45)62(46)58)64(50-23-13-42(2)14-24-50)52-27-33-54(34-28-52)66-56-30-16-44-8-4-6-10-48(44)40-56/h3-7,9,11-40H,8,10H2,1-2H3. The van der Waals surface area contributed by atoms with Crippen molar-refractivity contribution >= 4 is 77.2 Å². The molecule has 1 aliphatic carbocycles. The molecular weight excluding hydrogens is 805 g/mol. The van der Waals surface area contributed by atoms with Gasteiger partial charge in [0.15, 0.2) is 0 Å². The Kier molecular flexibility index (Phi) is 9.72. The van der Waals surface area contributed by atoms with Crippen molar-refractivity contribution in [3.05, 3.63) is 241 Å². The van der Waals surface area contributed by atoms with Crippen LogP contribution in [0.3, 0.4) is 0 Å². The van der Waals surface area contributed by atoms with Crippen molar-refractivity contribution in [1.29, 1.82) is 0 Å². The van der Waals surface area contributed by atoms with Gasteiger partial charge in [-0.2, -0.15) is 0 Å². The zero-order valence-electron chi connectivity index (χ0n) is 36.9. The van der Waals surface area contributed by atoms with E-state index in [9.17, 15) is 0 Å². The second kappa shape index (κ2) is 16.3. The fourth-order valence-corrected chi connectivity index (χ4v) is 9.71. The highest BCUT2D eigenvalue weighted by molar-refractivity contribution is 6.28. The topological polar surface area (TPSA) is 24.9 Å². The SMILES string of the molecule is Cc1ccc(N(c2ccc(Oc3ccc4c(c3)CC=CC4)cc2)c2ccc3ccc4c(N(c5ccc(C)cc5)c5ccc(Oc6ccc7ccccc7c6)cc5)ccc5ccc2c3c54)cc1. The van der Waals surface area contributed by atoms with Crippen molar-refractivity contribution in [1.82, 2.24) is 0 Å². The molecule has 316 valence electrons. The molecule has 0 bridgehead atoms. The molecule has 0 saturated carbocycles.